The first-order chi connectivity index (χ1) is 6.54. The van der Waals surface area contributed by atoms with E-state index in [4.69, 9.17) is 14.8 Å². The summed E-state index contributed by atoms with van der Waals surface area (Å²) >= 11 is 0. The van der Waals surface area contributed by atoms with Crippen LogP contribution in [0.1, 0.15) is 12.0 Å². The Morgan fingerprint density at radius 2 is 1.93 bits per heavy atom. The first-order valence-corrected chi connectivity index (χ1v) is 3.87. The van der Waals surface area contributed by atoms with Crippen LogP contribution in [0.3, 0.4) is 0 Å². The second-order valence-corrected chi connectivity index (χ2v) is 2.71. The molecule has 0 aromatic heterocycles. The van der Waals surface area contributed by atoms with Gasteiger partial charge in [0, 0.05) is 5.56 Å². The molecule has 3 nitrogen and oxygen atoms in total. The average Bonchev–Trinajstić information content (AvgIpc) is 2.16. The van der Waals surface area contributed by atoms with Crippen LogP contribution >= 0.6 is 0 Å². The zero-order valence-corrected chi connectivity index (χ0v) is 7.45. The average molecular weight is 202 g/mol. The van der Waals surface area contributed by atoms with E-state index in [1.807, 2.05) is 0 Å². The summed E-state index contributed by atoms with van der Waals surface area (Å²) in [6.45, 7) is 0. The molecule has 14 heavy (non-hydrogen) atoms. The van der Waals surface area contributed by atoms with Gasteiger partial charge in [-0.25, -0.2) is 8.78 Å². The number of hydrogen-bond donors (Lipinski definition) is 2. The molecule has 6 heteroatoms. The Balaban J connectivity index is 3.13. The summed E-state index contributed by atoms with van der Waals surface area (Å²) in [5.74, 6) is 0.172. The fourth-order valence-electron chi connectivity index (χ4n) is 1.04. The van der Waals surface area contributed by atoms with Crippen LogP contribution in [-0.4, -0.2) is 24.3 Å². The summed E-state index contributed by atoms with van der Waals surface area (Å²) in [6, 6.07) is 3.46. The molecule has 0 spiro atoms. The smallest absolute Gasteiger partial charge is 0.488 e. The first kappa shape index (κ1) is 10.9. The Hall–Kier alpha value is -1.14. The van der Waals surface area contributed by atoms with Crippen molar-refractivity contribution in [2.45, 2.75) is 6.43 Å². The van der Waals surface area contributed by atoms with E-state index in [-0.39, 0.29) is 16.8 Å². The van der Waals surface area contributed by atoms with Gasteiger partial charge in [0.05, 0.1) is 7.11 Å². The summed E-state index contributed by atoms with van der Waals surface area (Å²) < 4.78 is 29.4. The Morgan fingerprint density at radius 1 is 1.29 bits per heavy atom. The van der Waals surface area contributed by atoms with Crippen LogP contribution in [0, 0.1) is 0 Å². The standard InChI is InChI=1S/C8H9BF2O3/c1-14-7-3-5(8(10)11)2-6(4-7)9(12)13/h2-4,8,12-13H,1H3. The van der Waals surface area contributed by atoms with Crippen LogP contribution in [0.25, 0.3) is 0 Å². The summed E-state index contributed by atoms with van der Waals surface area (Å²) in [5.41, 5.74) is -0.313. The van der Waals surface area contributed by atoms with Gasteiger partial charge in [0.2, 0.25) is 0 Å². The van der Waals surface area contributed by atoms with Crippen molar-refractivity contribution in [2.75, 3.05) is 7.11 Å². The zero-order chi connectivity index (χ0) is 10.7. The second kappa shape index (κ2) is 4.39. The highest BCUT2D eigenvalue weighted by Crippen LogP contribution is 2.21. The Bertz CT molecular complexity index is 291. The minimum atomic E-state index is -2.66. The predicted molar refractivity (Wildman–Crippen MR) is 47.8 cm³/mol. The molecular weight excluding hydrogens is 193 g/mol. The van der Waals surface area contributed by atoms with Gasteiger partial charge >= 0.3 is 7.12 Å². The number of alkyl halides is 2. The minimum Gasteiger partial charge on any atom is -0.497 e. The monoisotopic (exact) mass is 202 g/mol. The van der Waals surface area contributed by atoms with Crippen molar-refractivity contribution in [2.24, 2.45) is 0 Å². The lowest BCUT2D eigenvalue weighted by Gasteiger charge is -2.07. The summed E-state index contributed by atoms with van der Waals surface area (Å²) in [6.07, 6.45) is -2.66. The maximum Gasteiger partial charge on any atom is 0.488 e. The summed E-state index contributed by atoms with van der Waals surface area (Å²) in [4.78, 5) is 0. The van der Waals surface area contributed by atoms with Crippen molar-refractivity contribution in [3.63, 3.8) is 0 Å². The molecule has 76 valence electrons. The molecule has 2 N–H and O–H groups in total. The van der Waals surface area contributed by atoms with Crippen molar-refractivity contribution < 1.29 is 23.6 Å². The van der Waals surface area contributed by atoms with Gasteiger partial charge in [-0.1, -0.05) is 6.07 Å². The molecular formula is C8H9BF2O3. The van der Waals surface area contributed by atoms with E-state index in [1.54, 1.807) is 0 Å². The Labute approximate surface area is 80.1 Å². The molecule has 0 unspecified atom stereocenters. The molecule has 0 aliphatic carbocycles. The third kappa shape index (κ3) is 2.43. The highest BCUT2D eigenvalue weighted by atomic mass is 19.3. The molecule has 0 atom stereocenters. The lowest BCUT2D eigenvalue weighted by molar-refractivity contribution is 0.151. The number of benzene rings is 1. The number of methoxy groups -OCH3 is 1. The molecule has 0 fully saturated rings. The van der Waals surface area contributed by atoms with E-state index in [9.17, 15) is 8.78 Å². The van der Waals surface area contributed by atoms with Crippen LogP contribution in [0.2, 0.25) is 0 Å². The molecule has 1 rings (SSSR count). The molecule has 0 aliphatic rings. The van der Waals surface area contributed by atoms with E-state index in [0.717, 1.165) is 12.1 Å². The Morgan fingerprint density at radius 3 is 2.36 bits per heavy atom. The first-order valence-electron chi connectivity index (χ1n) is 3.87. The lowest BCUT2D eigenvalue weighted by Crippen LogP contribution is -2.30. The summed E-state index contributed by atoms with van der Waals surface area (Å²) in [5, 5.41) is 17.6. The van der Waals surface area contributed by atoms with Crippen molar-refractivity contribution >= 4 is 12.6 Å². The third-order valence-electron chi connectivity index (χ3n) is 1.74. The van der Waals surface area contributed by atoms with Crippen LogP contribution in [-0.2, 0) is 0 Å². The van der Waals surface area contributed by atoms with Gasteiger partial charge in [-0.05, 0) is 17.6 Å². The quantitative estimate of drug-likeness (QED) is 0.693. The molecule has 1 aromatic carbocycles. The molecule has 0 radical (unpaired) electrons. The van der Waals surface area contributed by atoms with Crippen LogP contribution in [0.4, 0.5) is 8.78 Å². The molecule has 0 bridgehead atoms. The fraction of sp³-hybridized carbons (Fsp3) is 0.250. The van der Waals surface area contributed by atoms with Gasteiger partial charge in [0.15, 0.2) is 0 Å². The topological polar surface area (TPSA) is 49.7 Å². The van der Waals surface area contributed by atoms with Crippen LogP contribution in [0.5, 0.6) is 5.75 Å². The van der Waals surface area contributed by atoms with Gasteiger partial charge in [-0.2, -0.15) is 0 Å². The van der Waals surface area contributed by atoms with Crippen molar-refractivity contribution in [3.8, 4) is 5.75 Å². The molecule has 1 aromatic rings. The SMILES string of the molecule is COc1cc(B(O)O)cc(C(F)F)c1. The van der Waals surface area contributed by atoms with E-state index in [0.29, 0.717) is 0 Å². The van der Waals surface area contributed by atoms with Crippen molar-refractivity contribution in [3.05, 3.63) is 23.8 Å². The minimum absolute atomic E-state index is 0.0142. The maximum atomic E-state index is 12.3. The normalized spacial score (nSPS) is 10.4. The van der Waals surface area contributed by atoms with Crippen molar-refractivity contribution in [1.82, 2.24) is 0 Å². The van der Waals surface area contributed by atoms with E-state index < -0.39 is 13.5 Å². The van der Waals surface area contributed by atoms with Crippen molar-refractivity contribution in [1.29, 1.82) is 0 Å². The lowest BCUT2D eigenvalue weighted by atomic mass is 9.79. The fourth-order valence-corrected chi connectivity index (χ4v) is 1.04. The van der Waals surface area contributed by atoms with Crippen LogP contribution in [0.15, 0.2) is 18.2 Å². The van der Waals surface area contributed by atoms with E-state index >= 15 is 0 Å². The van der Waals surface area contributed by atoms with Gasteiger partial charge in [0.25, 0.3) is 6.43 Å². The van der Waals surface area contributed by atoms with E-state index in [2.05, 4.69) is 0 Å². The summed E-state index contributed by atoms with van der Waals surface area (Å²) in [7, 11) is -0.458. The number of hydrogen-bond acceptors (Lipinski definition) is 3. The number of rotatable bonds is 3. The van der Waals surface area contributed by atoms with Crippen LogP contribution < -0.4 is 10.2 Å². The van der Waals surface area contributed by atoms with Gasteiger partial charge in [0.1, 0.15) is 5.75 Å². The largest absolute Gasteiger partial charge is 0.497 e. The van der Waals surface area contributed by atoms with Gasteiger partial charge in [-0.3, -0.25) is 0 Å². The highest BCUT2D eigenvalue weighted by molar-refractivity contribution is 6.58. The van der Waals surface area contributed by atoms with E-state index in [1.165, 1.54) is 13.2 Å². The molecule has 0 saturated heterocycles. The highest BCUT2D eigenvalue weighted by Gasteiger charge is 2.16. The van der Waals surface area contributed by atoms with Gasteiger partial charge < -0.3 is 14.8 Å². The predicted octanol–water partition coefficient (Wildman–Crippen LogP) is 0.313. The zero-order valence-electron chi connectivity index (χ0n) is 7.45. The number of halogens is 2. The maximum absolute atomic E-state index is 12.3. The molecule has 0 heterocycles. The molecule has 0 saturated carbocycles. The number of ether oxygens (including phenoxy) is 1. The van der Waals surface area contributed by atoms with Gasteiger partial charge in [-0.15, -0.1) is 0 Å². The third-order valence-corrected chi connectivity index (χ3v) is 1.74. The molecule has 0 aliphatic heterocycles. The Kier molecular flexibility index (Phi) is 3.43. The second-order valence-electron chi connectivity index (χ2n) is 2.71. The molecule has 0 amide bonds.